The molecular weight excluding hydrogens is 418 g/mol. The van der Waals surface area contributed by atoms with Gasteiger partial charge in [-0.05, 0) is 6.42 Å². The normalized spacial score (nSPS) is 14.1. The van der Waals surface area contributed by atoms with Gasteiger partial charge in [-0.2, -0.15) is 0 Å². The molecule has 1 amide bonds. The van der Waals surface area contributed by atoms with E-state index in [-0.39, 0.29) is 6.54 Å². The van der Waals surface area contributed by atoms with Gasteiger partial charge in [0.15, 0.2) is 18.3 Å². The van der Waals surface area contributed by atoms with Crippen molar-refractivity contribution in [1.29, 1.82) is 0 Å². The summed E-state index contributed by atoms with van der Waals surface area (Å²) in [7, 11) is 0. The minimum absolute atomic E-state index is 0.211. The summed E-state index contributed by atoms with van der Waals surface area (Å²) in [5.41, 5.74) is 0. The van der Waals surface area contributed by atoms with Crippen molar-refractivity contribution in [2.24, 2.45) is 0 Å². The number of hydrogen-bond donors (Lipinski definition) is 1. The molecule has 4 atom stereocenters. The predicted octanol–water partition coefficient (Wildman–Crippen LogP) is -0.197. The van der Waals surface area contributed by atoms with Gasteiger partial charge in [-0.25, -0.2) is 0 Å². The Labute approximate surface area is 179 Å². The van der Waals surface area contributed by atoms with Gasteiger partial charge in [0.05, 0.1) is 0 Å². The molecule has 0 aromatic carbocycles. The number of carbonyl (C=O) groups is 6. The number of esters is 5. The Bertz CT molecular complexity index is 676. The van der Waals surface area contributed by atoms with Crippen molar-refractivity contribution in [3.63, 3.8) is 0 Å². The lowest BCUT2D eigenvalue weighted by Crippen LogP contribution is -2.57. The molecule has 0 saturated carbocycles. The van der Waals surface area contributed by atoms with E-state index in [4.69, 9.17) is 23.7 Å². The van der Waals surface area contributed by atoms with Gasteiger partial charge in [0.25, 0.3) is 5.91 Å². The summed E-state index contributed by atoms with van der Waals surface area (Å²) in [6.45, 7) is 6.60. The van der Waals surface area contributed by atoms with E-state index in [9.17, 15) is 28.8 Å². The van der Waals surface area contributed by atoms with Crippen LogP contribution < -0.4 is 5.32 Å². The van der Waals surface area contributed by atoms with Crippen LogP contribution in [0.25, 0.3) is 0 Å². The van der Waals surface area contributed by atoms with Gasteiger partial charge in [-0.1, -0.05) is 6.92 Å². The van der Waals surface area contributed by atoms with Crippen LogP contribution in [-0.4, -0.2) is 73.3 Å². The second-order valence-electron chi connectivity index (χ2n) is 6.42. The van der Waals surface area contributed by atoms with Crippen molar-refractivity contribution in [2.75, 3.05) is 13.2 Å². The molecule has 0 aromatic rings. The highest BCUT2D eigenvalue weighted by Crippen LogP contribution is 2.20. The summed E-state index contributed by atoms with van der Waals surface area (Å²) >= 11 is 0. The molecule has 12 nitrogen and oxygen atoms in total. The van der Waals surface area contributed by atoms with Crippen molar-refractivity contribution in [1.82, 2.24) is 5.32 Å². The Kier molecular flexibility index (Phi) is 12.5. The highest BCUT2D eigenvalue weighted by Gasteiger charge is 2.46. The fraction of sp³-hybridized carbons (Fsp3) is 0.684. The molecule has 0 saturated heterocycles. The first-order chi connectivity index (χ1) is 14.4. The summed E-state index contributed by atoms with van der Waals surface area (Å²) in [5.74, 6) is -5.10. The lowest BCUT2D eigenvalue weighted by molar-refractivity contribution is -0.203. The Morgan fingerprint density at radius 1 is 0.677 bits per heavy atom. The number of rotatable bonds is 12. The quantitative estimate of drug-likeness (QED) is 0.312. The molecule has 12 heteroatoms. The van der Waals surface area contributed by atoms with Crippen molar-refractivity contribution in [3.05, 3.63) is 0 Å². The first-order valence-electron chi connectivity index (χ1n) is 9.48. The highest BCUT2D eigenvalue weighted by molar-refractivity contribution is 5.84. The molecule has 0 aliphatic carbocycles. The second-order valence-corrected chi connectivity index (χ2v) is 6.42. The van der Waals surface area contributed by atoms with Crippen LogP contribution >= 0.6 is 0 Å². The summed E-state index contributed by atoms with van der Waals surface area (Å²) in [4.78, 5) is 70.6. The zero-order valence-electron chi connectivity index (χ0n) is 18.4. The molecule has 0 rings (SSSR count). The van der Waals surface area contributed by atoms with Gasteiger partial charge >= 0.3 is 29.8 Å². The Balaban J connectivity index is 6.34. The van der Waals surface area contributed by atoms with Gasteiger partial charge in [-0.15, -0.1) is 0 Å². The molecule has 31 heavy (non-hydrogen) atoms. The monoisotopic (exact) mass is 447 g/mol. The van der Waals surface area contributed by atoms with Gasteiger partial charge in [0.2, 0.25) is 6.10 Å². The molecule has 0 fully saturated rings. The maximum absolute atomic E-state index is 12.6. The van der Waals surface area contributed by atoms with E-state index in [1.54, 1.807) is 6.92 Å². The number of nitrogens with one attached hydrogen (secondary N) is 1. The molecule has 176 valence electrons. The third kappa shape index (κ3) is 11.6. The SMILES string of the molecule is CCCNC(=O)[C@H](OC(C)=O)[C@@H](OC(C)=O)[C@H](OC(C)=O)[C@@H](COC(C)=O)OC(C)=O. The lowest BCUT2D eigenvalue weighted by Gasteiger charge is -2.34. The van der Waals surface area contributed by atoms with E-state index in [2.05, 4.69) is 5.32 Å². The van der Waals surface area contributed by atoms with Crippen LogP contribution in [-0.2, 0) is 52.5 Å². The molecule has 0 radical (unpaired) electrons. The van der Waals surface area contributed by atoms with Crippen molar-refractivity contribution in [2.45, 2.75) is 72.4 Å². The third-order valence-electron chi connectivity index (χ3n) is 3.46. The van der Waals surface area contributed by atoms with Gasteiger partial charge < -0.3 is 29.0 Å². The molecule has 0 unspecified atom stereocenters. The van der Waals surface area contributed by atoms with Crippen LogP contribution in [0.5, 0.6) is 0 Å². The topological polar surface area (TPSA) is 161 Å². The van der Waals surface area contributed by atoms with Crippen molar-refractivity contribution >= 4 is 35.8 Å². The first-order valence-corrected chi connectivity index (χ1v) is 9.48. The largest absolute Gasteiger partial charge is 0.462 e. The summed E-state index contributed by atoms with van der Waals surface area (Å²) < 4.78 is 25.3. The predicted molar refractivity (Wildman–Crippen MR) is 102 cm³/mol. The van der Waals surface area contributed by atoms with E-state index >= 15 is 0 Å². The number of hydrogen-bond acceptors (Lipinski definition) is 11. The molecule has 0 heterocycles. The average molecular weight is 447 g/mol. The minimum Gasteiger partial charge on any atom is -0.462 e. The summed E-state index contributed by atoms with van der Waals surface area (Å²) in [5, 5.41) is 2.49. The Hall–Kier alpha value is -3.18. The number of carbonyl (C=O) groups excluding carboxylic acids is 6. The molecule has 0 bridgehead atoms. The van der Waals surface area contributed by atoms with E-state index in [1.807, 2.05) is 0 Å². The molecule has 1 N–H and O–H groups in total. The zero-order chi connectivity index (χ0) is 24.1. The summed E-state index contributed by atoms with van der Waals surface area (Å²) in [6, 6.07) is 0. The Morgan fingerprint density at radius 3 is 1.58 bits per heavy atom. The first kappa shape index (κ1) is 27.8. The highest BCUT2D eigenvalue weighted by atomic mass is 16.6. The molecule has 0 spiro atoms. The molecular formula is C19H29NO11. The summed E-state index contributed by atoms with van der Waals surface area (Å²) in [6.07, 6.45) is -6.06. The van der Waals surface area contributed by atoms with Crippen molar-refractivity contribution in [3.8, 4) is 0 Å². The van der Waals surface area contributed by atoms with E-state index in [0.717, 1.165) is 34.6 Å². The molecule has 0 aliphatic heterocycles. The maximum Gasteiger partial charge on any atom is 0.303 e. The number of ether oxygens (including phenoxy) is 5. The Morgan fingerprint density at radius 2 is 1.16 bits per heavy atom. The standard InChI is InChI=1S/C19H29NO11/c1-7-8-20-19(26)18(31-14(6)25)17(30-13(5)24)16(29-12(4)23)15(28-11(3)22)9-27-10(2)21/h15-18H,7-9H2,1-6H3,(H,20,26)/t15-,16-,17+,18-/m1/s1. The van der Waals surface area contributed by atoms with E-state index in [1.165, 1.54) is 0 Å². The fourth-order valence-corrected chi connectivity index (χ4v) is 2.44. The maximum atomic E-state index is 12.6. The smallest absolute Gasteiger partial charge is 0.303 e. The fourth-order valence-electron chi connectivity index (χ4n) is 2.44. The minimum atomic E-state index is -1.76. The molecule has 0 aliphatic rings. The van der Waals surface area contributed by atoms with E-state index < -0.39 is 66.8 Å². The second kappa shape index (κ2) is 13.9. The van der Waals surface area contributed by atoms with E-state index in [0.29, 0.717) is 6.42 Å². The average Bonchev–Trinajstić information content (AvgIpc) is 2.63. The zero-order valence-corrected chi connectivity index (χ0v) is 18.4. The third-order valence-corrected chi connectivity index (χ3v) is 3.46. The van der Waals surface area contributed by atoms with Crippen molar-refractivity contribution < 1.29 is 52.5 Å². The number of amides is 1. The van der Waals surface area contributed by atoms with Crippen LogP contribution in [0.15, 0.2) is 0 Å². The lowest BCUT2D eigenvalue weighted by atomic mass is 10.0. The van der Waals surface area contributed by atoms with Gasteiger partial charge in [0.1, 0.15) is 6.61 Å². The van der Waals surface area contributed by atoms with Crippen LogP contribution in [0.1, 0.15) is 48.0 Å². The van der Waals surface area contributed by atoms with Crippen LogP contribution in [0.4, 0.5) is 0 Å². The van der Waals surface area contributed by atoms with Gasteiger partial charge in [-0.3, -0.25) is 28.8 Å². The van der Waals surface area contributed by atoms with Gasteiger partial charge in [0, 0.05) is 41.2 Å². The van der Waals surface area contributed by atoms with Crippen LogP contribution in [0.3, 0.4) is 0 Å². The van der Waals surface area contributed by atoms with Crippen LogP contribution in [0, 0.1) is 0 Å². The van der Waals surface area contributed by atoms with Crippen LogP contribution in [0.2, 0.25) is 0 Å². The molecule has 0 aromatic heterocycles.